The fourth-order valence-electron chi connectivity index (χ4n) is 4.69. The van der Waals surface area contributed by atoms with Crippen LogP contribution in [0.1, 0.15) is 44.2 Å². The van der Waals surface area contributed by atoms with Crippen LogP contribution >= 0.6 is 11.8 Å². The summed E-state index contributed by atoms with van der Waals surface area (Å²) in [6.07, 6.45) is 5.14. The van der Waals surface area contributed by atoms with Crippen molar-refractivity contribution in [2.75, 3.05) is 11.4 Å². The Morgan fingerprint density at radius 3 is 2.67 bits per heavy atom. The van der Waals surface area contributed by atoms with Crippen LogP contribution < -0.4 is 10.5 Å². The summed E-state index contributed by atoms with van der Waals surface area (Å²) in [6.45, 7) is 2.64. The molecular weight excluding hydrogens is 394 g/mol. The van der Waals surface area contributed by atoms with Gasteiger partial charge >= 0.3 is 0 Å². The number of benzene rings is 2. The predicted molar refractivity (Wildman–Crippen MR) is 121 cm³/mol. The highest BCUT2D eigenvalue weighted by molar-refractivity contribution is 8.00. The van der Waals surface area contributed by atoms with E-state index in [4.69, 9.17) is 4.98 Å². The highest BCUT2D eigenvalue weighted by Crippen LogP contribution is 2.35. The molecule has 0 unspecified atom stereocenters. The third kappa shape index (κ3) is 3.33. The summed E-state index contributed by atoms with van der Waals surface area (Å²) in [5.74, 6) is 0.0744. The number of hydrogen-bond donors (Lipinski definition) is 0. The first-order valence-electron chi connectivity index (χ1n) is 10.7. The molecule has 30 heavy (non-hydrogen) atoms. The first-order chi connectivity index (χ1) is 14.6. The van der Waals surface area contributed by atoms with Gasteiger partial charge in [-0.3, -0.25) is 14.2 Å². The molecular formula is C24H25N3O2S. The molecule has 5 nitrogen and oxygen atoms in total. The average molecular weight is 420 g/mol. The van der Waals surface area contributed by atoms with Crippen molar-refractivity contribution in [3.8, 4) is 0 Å². The minimum Gasteiger partial charge on any atom is -0.311 e. The Morgan fingerprint density at radius 1 is 1.10 bits per heavy atom. The van der Waals surface area contributed by atoms with Gasteiger partial charge in [-0.15, -0.1) is 0 Å². The number of anilines is 1. The molecule has 0 N–H and O–H groups in total. The molecule has 0 radical (unpaired) electrons. The molecule has 1 aliphatic carbocycles. The van der Waals surface area contributed by atoms with Crippen molar-refractivity contribution < 1.29 is 4.79 Å². The quantitative estimate of drug-likeness (QED) is 0.459. The second-order valence-electron chi connectivity index (χ2n) is 8.15. The number of nitrogens with zero attached hydrogens (tertiary/aromatic N) is 3. The van der Waals surface area contributed by atoms with Crippen molar-refractivity contribution in [1.82, 2.24) is 9.55 Å². The van der Waals surface area contributed by atoms with E-state index in [0.717, 1.165) is 37.8 Å². The van der Waals surface area contributed by atoms with Crippen LogP contribution in [-0.4, -0.2) is 27.3 Å². The van der Waals surface area contributed by atoms with Gasteiger partial charge in [0.2, 0.25) is 5.91 Å². The molecule has 0 saturated heterocycles. The number of hydrogen-bond acceptors (Lipinski definition) is 4. The second kappa shape index (κ2) is 7.91. The van der Waals surface area contributed by atoms with E-state index in [2.05, 4.69) is 6.07 Å². The van der Waals surface area contributed by atoms with Gasteiger partial charge in [-0.25, -0.2) is 4.98 Å². The van der Waals surface area contributed by atoms with Gasteiger partial charge in [0.15, 0.2) is 5.16 Å². The summed E-state index contributed by atoms with van der Waals surface area (Å²) >= 11 is 1.42. The van der Waals surface area contributed by atoms with Crippen LogP contribution in [0.4, 0.5) is 5.69 Å². The molecule has 3 aromatic rings. The van der Waals surface area contributed by atoms with Gasteiger partial charge < -0.3 is 4.90 Å². The van der Waals surface area contributed by atoms with Crippen molar-refractivity contribution in [3.05, 3.63) is 64.4 Å². The standard InChI is InChI=1S/C24H25N3O2S/c1-16(22(28)26-15-14-17-8-2-7-13-21(17)26)30-24-25-20-12-6-5-11-19(20)23(29)27(24)18-9-3-4-10-18/h2,5-8,11-13,16,18H,3-4,9-10,14-15H2,1H3/t16-/m0/s1. The molecule has 2 aliphatic rings. The lowest BCUT2D eigenvalue weighted by Gasteiger charge is -2.23. The number of rotatable bonds is 4. The smallest absolute Gasteiger partial charge is 0.262 e. The molecule has 1 fully saturated rings. The molecule has 154 valence electrons. The number of carbonyl (C=O) groups excluding carboxylic acids is 1. The lowest BCUT2D eigenvalue weighted by Crippen LogP contribution is -2.36. The number of thioether (sulfide) groups is 1. The van der Waals surface area contributed by atoms with Gasteiger partial charge in [0.25, 0.3) is 5.56 Å². The monoisotopic (exact) mass is 419 g/mol. The highest BCUT2D eigenvalue weighted by atomic mass is 32.2. The zero-order chi connectivity index (χ0) is 20.7. The van der Waals surface area contributed by atoms with Crippen LogP contribution in [-0.2, 0) is 11.2 Å². The maximum absolute atomic E-state index is 13.3. The van der Waals surface area contributed by atoms with E-state index in [-0.39, 0.29) is 22.8 Å². The molecule has 0 bridgehead atoms. The summed E-state index contributed by atoms with van der Waals surface area (Å²) in [5.41, 5.74) is 2.94. The van der Waals surface area contributed by atoms with E-state index >= 15 is 0 Å². The molecule has 1 saturated carbocycles. The van der Waals surface area contributed by atoms with Crippen molar-refractivity contribution >= 4 is 34.3 Å². The Kier molecular flexibility index (Phi) is 5.11. The fourth-order valence-corrected chi connectivity index (χ4v) is 5.73. The maximum atomic E-state index is 13.3. The van der Waals surface area contributed by atoms with E-state index < -0.39 is 0 Å². The third-order valence-electron chi connectivity index (χ3n) is 6.25. The normalized spacial score (nSPS) is 17.4. The van der Waals surface area contributed by atoms with Crippen LogP contribution in [0.15, 0.2) is 58.5 Å². The number of amides is 1. The zero-order valence-corrected chi connectivity index (χ0v) is 17.9. The predicted octanol–water partition coefficient (Wildman–Crippen LogP) is 4.58. The van der Waals surface area contributed by atoms with Crippen LogP contribution in [0.5, 0.6) is 0 Å². The Hall–Kier alpha value is -2.60. The summed E-state index contributed by atoms with van der Waals surface area (Å²) in [4.78, 5) is 33.3. The first-order valence-corrected chi connectivity index (χ1v) is 11.6. The third-order valence-corrected chi connectivity index (χ3v) is 7.30. The van der Waals surface area contributed by atoms with Crippen molar-refractivity contribution in [2.24, 2.45) is 0 Å². The summed E-state index contributed by atoms with van der Waals surface area (Å²) < 4.78 is 1.86. The Labute approximate surface area is 180 Å². The van der Waals surface area contributed by atoms with E-state index in [1.54, 1.807) is 0 Å². The number of para-hydroxylation sites is 2. The first kappa shape index (κ1) is 19.4. The lowest BCUT2D eigenvalue weighted by atomic mass is 10.2. The van der Waals surface area contributed by atoms with Crippen molar-refractivity contribution in [3.63, 3.8) is 0 Å². The number of fused-ring (bicyclic) bond motifs is 2. The van der Waals surface area contributed by atoms with Crippen LogP contribution in [0.3, 0.4) is 0 Å². The number of aromatic nitrogens is 2. The fraction of sp³-hybridized carbons (Fsp3) is 0.375. The summed E-state index contributed by atoms with van der Waals surface area (Å²) in [6, 6.07) is 15.8. The topological polar surface area (TPSA) is 55.2 Å². The highest BCUT2D eigenvalue weighted by Gasteiger charge is 2.30. The van der Waals surface area contributed by atoms with Crippen LogP contribution in [0, 0.1) is 0 Å². The maximum Gasteiger partial charge on any atom is 0.262 e. The molecule has 2 heterocycles. The Balaban J connectivity index is 1.49. The minimum atomic E-state index is -0.322. The second-order valence-corrected chi connectivity index (χ2v) is 9.46. The molecule has 0 spiro atoms. The molecule has 1 amide bonds. The van der Waals surface area contributed by atoms with Gasteiger partial charge in [0.1, 0.15) is 0 Å². The van der Waals surface area contributed by atoms with Crippen LogP contribution in [0.2, 0.25) is 0 Å². The minimum absolute atomic E-state index is 0.0150. The summed E-state index contributed by atoms with van der Waals surface area (Å²) in [7, 11) is 0. The van der Waals surface area contributed by atoms with Gasteiger partial charge in [-0.1, -0.05) is 54.9 Å². The Morgan fingerprint density at radius 2 is 1.83 bits per heavy atom. The average Bonchev–Trinajstić information content (AvgIpc) is 3.43. The van der Waals surface area contributed by atoms with E-state index in [1.165, 1.54) is 17.3 Å². The largest absolute Gasteiger partial charge is 0.311 e. The molecule has 1 aliphatic heterocycles. The molecule has 6 heteroatoms. The van der Waals surface area contributed by atoms with E-state index in [9.17, 15) is 9.59 Å². The Bertz CT molecular complexity index is 1170. The van der Waals surface area contributed by atoms with E-state index in [1.807, 2.05) is 58.9 Å². The van der Waals surface area contributed by atoms with Gasteiger partial charge in [-0.05, 0) is 49.9 Å². The van der Waals surface area contributed by atoms with E-state index in [0.29, 0.717) is 22.6 Å². The number of carbonyl (C=O) groups is 1. The van der Waals surface area contributed by atoms with Gasteiger partial charge in [-0.2, -0.15) is 0 Å². The zero-order valence-electron chi connectivity index (χ0n) is 17.1. The van der Waals surface area contributed by atoms with Crippen molar-refractivity contribution in [2.45, 2.75) is 55.5 Å². The van der Waals surface area contributed by atoms with Gasteiger partial charge in [0, 0.05) is 18.3 Å². The molecule has 5 rings (SSSR count). The molecule has 1 aromatic heterocycles. The van der Waals surface area contributed by atoms with Gasteiger partial charge in [0.05, 0.1) is 16.2 Å². The lowest BCUT2D eigenvalue weighted by molar-refractivity contribution is -0.117. The van der Waals surface area contributed by atoms with Crippen LogP contribution in [0.25, 0.3) is 10.9 Å². The molecule has 2 aromatic carbocycles. The molecule has 1 atom stereocenters. The SMILES string of the molecule is C[C@H](Sc1nc2ccccc2c(=O)n1C1CCCC1)C(=O)N1CCc2ccccc21. The summed E-state index contributed by atoms with van der Waals surface area (Å²) in [5, 5.41) is 0.997. The van der Waals surface area contributed by atoms with Crippen molar-refractivity contribution in [1.29, 1.82) is 0 Å².